The standard InChI is InChI=1S/C24H27N5O5S2/c30-20-9-17(7-15(20)10-28-36(32,33)34)29-24-19(11-25-13-27-24)23(31)21-8-16(12-35-21)22-18-4-2-1-3-14(18)5-6-26-22/h1-4,8,11-13,15,17,20,22,26,28,30H,5-7,9-10H2,(H,25,27,29)(H,32,33,34)/t15-,17-,20+,22-/m1/s1. The van der Waals surface area contributed by atoms with Gasteiger partial charge in [0.2, 0.25) is 5.78 Å². The van der Waals surface area contributed by atoms with Crippen LogP contribution < -0.4 is 15.4 Å². The number of thiophene rings is 1. The molecule has 1 aliphatic heterocycles. The number of carbonyl (C=O) groups excluding carboxylic acids is 1. The lowest BCUT2D eigenvalue weighted by Gasteiger charge is -2.26. The van der Waals surface area contributed by atoms with Gasteiger partial charge in [-0.1, -0.05) is 24.3 Å². The van der Waals surface area contributed by atoms with Crippen LogP contribution in [0.25, 0.3) is 0 Å². The summed E-state index contributed by atoms with van der Waals surface area (Å²) >= 11 is 1.38. The van der Waals surface area contributed by atoms with Crippen molar-refractivity contribution in [2.75, 3.05) is 18.4 Å². The largest absolute Gasteiger partial charge is 0.393 e. The predicted molar refractivity (Wildman–Crippen MR) is 135 cm³/mol. The Bertz CT molecular complexity index is 1360. The molecule has 3 aromatic rings. The van der Waals surface area contributed by atoms with Gasteiger partial charge in [-0.2, -0.15) is 13.1 Å². The molecular weight excluding hydrogens is 502 g/mol. The molecular formula is C24H27N5O5S2. The van der Waals surface area contributed by atoms with Gasteiger partial charge in [-0.05, 0) is 47.4 Å². The molecule has 10 nitrogen and oxygen atoms in total. The van der Waals surface area contributed by atoms with Gasteiger partial charge in [0.25, 0.3) is 0 Å². The molecule has 4 atom stereocenters. The lowest BCUT2D eigenvalue weighted by molar-refractivity contribution is 0.104. The Morgan fingerprint density at radius 3 is 2.92 bits per heavy atom. The van der Waals surface area contributed by atoms with Crippen molar-refractivity contribution in [2.24, 2.45) is 5.92 Å². The Kier molecular flexibility index (Phi) is 7.15. The fraction of sp³-hybridized carbons (Fsp3) is 0.375. The lowest BCUT2D eigenvalue weighted by atomic mass is 9.91. The van der Waals surface area contributed by atoms with Crippen molar-refractivity contribution >= 4 is 33.2 Å². The first-order valence-electron chi connectivity index (χ1n) is 11.7. The highest BCUT2D eigenvalue weighted by atomic mass is 32.2. The first kappa shape index (κ1) is 24.9. The van der Waals surface area contributed by atoms with Crippen LogP contribution in [0.5, 0.6) is 0 Å². The fourth-order valence-corrected chi connectivity index (χ4v) is 6.33. The summed E-state index contributed by atoms with van der Waals surface area (Å²) in [5, 5.41) is 19.1. The van der Waals surface area contributed by atoms with Gasteiger partial charge in [-0.25, -0.2) is 9.97 Å². The van der Waals surface area contributed by atoms with Crippen LogP contribution in [0.15, 0.2) is 48.2 Å². The maximum absolute atomic E-state index is 13.4. The van der Waals surface area contributed by atoms with Crippen molar-refractivity contribution in [3.63, 3.8) is 0 Å². The molecule has 5 rings (SSSR count). The third-order valence-corrected chi connectivity index (χ3v) is 8.25. The molecule has 0 radical (unpaired) electrons. The van der Waals surface area contributed by atoms with Crippen molar-refractivity contribution in [3.8, 4) is 0 Å². The van der Waals surface area contributed by atoms with Crippen LogP contribution in [-0.4, -0.2) is 59.1 Å². The number of nitrogens with zero attached hydrogens (tertiary/aromatic N) is 2. The molecule has 1 aromatic carbocycles. The van der Waals surface area contributed by atoms with E-state index in [4.69, 9.17) is 4.55 Å². The average Bonchev–Trinajstić information content (AvgIpc) is 3.48. The van der Waals surface area contributed by atoms with E-state index in [0.29, 0.717) is 29.1 Å². The summed E-state index contributed by atoms with van der Waals surface area (Å²) < 4.78 is 32.9. The molecule has 0 bridgehead atoms. The topological polar surface area (TPSA) is 154 Å². The molecule has 0 spiro atoms. The van der Waals surface area contributed by atoms with Crippen LogP contribution in [0.1, 0.15) is 50.8 Å². The van der Waals surface area contributed by atoms with Crippen LogP contribution in [0, 0.1) is 5.92 Å². The maximum Gasteiger partial charge on any atom is 0.333 e. The van der Waals surface area contributed by atoms with Gasteiger partial charge >= 0.3 is 10.3 Å². The number of rotatable bonds is 8. The summed E-state index contributed by atoms with van der Waals surface area (Å²) in [6, 6.07) is 10.1. The number of fused-ring (bicyclic) bond motifs is 1. The summed E-state index contributed by atoms with van der Waals surface area (Å²) in [5.74, 6) is -0.204. The summed E-state index contributed by atoms with van der Waals surface area (Å²) in [6.45, 7) is 0.791. The number of benzene rings is 1. The van der Waals surface area contributed by atoms with E-state index in [2.05, 4.69) is 32.7 Å². The highest BCUT2D eigenvalue weighted by molar-refractivity contribution is 7.83. The summed E-state index contributed by atoms with van der Waals surface area (Å²) in [6.07, 6.45) is 3.84. The van der Waals surface area contributed by atoms with E-state index in [9.17, 15) is 18.3 Å². The lowest BCUT2D eigenvalue weighted by Crippen LogP contribution is -2.32. The number of aliphatic hydroxyl groups excluding tert-OH is 1. The molecule has 2 aliphatic rings. The van der Waals surface area contributed by atoms with E-state index >= 15 is 0 Å². The average molecular weight is 530 g/mol. The zero-order valence-corrected chi connectivity index (χ0v) is 20.9. The Balaban J connectivity index is 1.31. The molecule has 36 heavy (non-hydrogen) atoms. The van der Waals surface area contributed by atoms with Crippen molar-refractivity contribution in [2.45, 2.75) is 37.5 Å². The Labute approximate surface area is 213 Å². The van der Waals surface area contributed by atoms with Gasteiger partial charge < -0.3 is 15.7 Å². The van der Waals surface area contributed by atoms with Crippen LogP contribution in [-0.2, 0) is 16.7 Å². The van der Waals surface area contributed by atoms with Gasteiger partial charge in [0, 0.05) is 31.2 Å². The molecule has 0 amide bonds. The van der Waals surface area contributed by atoms with Crippen molar-refractivity contribution in [1.82, 2.24) is 20.0 Å². The molecule has 2 aromatic heterocycles. The van der Waals surface area contributed by atoms with Crippen LogP contribution in [0.3, 0.4) is 0 Å². The van der Waals surface area contributed by atoms with Gasteiger partial charge in [0.15, 0.2) is 0 Å². The third-order valence-electron chi connectivity index (χ3n) is 6.77. The normalized spacial score (nSPS) is 23.8. The molecule has 5 N–H and O–H groups in total. The van der Waals surface area contributed by atoms with Crippen LogP contribution in [0.4, 0.5) is 5.82 Å². The zero-order valence-electron chi connectivity index (χ0n) is 19.3. The second kappa shape index (κ2) is 10.3. The molecule has 0 unspecified atom stereocenters. The van der Waals surface area contributed by atoms with Crippen LogP contribution in [0.2, 0.25) is 0 Å². The number of hydrogen-bond donors (Lipinski definition) is 5. The second-order valence-corrected chi connectivity index (χ2v) is 11.3. The number of hydrogen-bond acceptors (Lipinski definition) is 9. The van der Waals surface area contributed by atoms with Gasteiger partial charge in [0.1, 0.15) is 12.1 Å². The Morgan fingerprint density at radius 1 is 1.25 bits per heavy atom. The summed E-state index contributed by atoms with van der Waals surface area (Å²) in [4.78, 5) is 22.3. The van der Waals surface area contributed by atoms with Crippen molar-refractivity contribution in [1.29, 1.82) is 0 Å². The van der Waals surface area contributed by atoms with Crippen molar-refractivity contribution < 1.29 is 22.9 Å². The number of ketones is 1. The quantitative estimate of drug-likeness (QED) is 0.218. The highest BCUT2D eigenvalue weighted by Gasteiger charge is 2.34. The van der Waals surface area contributed by atoms with E-state index in [-0.39, 0.29) is 30.3 Å². The van der Waals surface area contributed by atoms with Gasteiger partial charge in [-0.15, -0.1) is 11.3 Å². The molecule has 1 fully saturated rings. The minimum absolute atomic E-state index is 0.0330. The number of aromatic nitrogens is 2. The molecule has 1 aliphatic carbocycles. The summed E-state index contributed by atoms with van der Waals surface area (Å²) in [5.41, 5.74) is 3.91. The Morgan fingerprint density at radius 2 is 2.08 bits per heavy atom. The van der Waals surface area contributed by atoms with E-state index in [1.807, 2.05) is 28.3 Å². The van der Waals surface area contributed by atoms with Gasteiger partial charge in [0.05, 0.1) is 22.6 Å². The SMILES string of the molecule is O=C(c1cc([C@H]2NCCc3ccccc32)cs1)c1cncnc1N[C@@H]1C[C@H](CNS(=O)(=O)O)[C@@H](O)C1. The number of aliphatic hydroxyl groups is 1. The van der Waals surface area contributed by atoms with Gasteiger partial charge in [-0.3, -0.25) is 9.35 Å². The van der Waals surface area contributed by atoms with E-state index in [1.165, 1.54) is 35.0 Å². The monoisotopic (exact) mass is 529 g/mol. The molecule has 1 saturated carbocycles. The first-order chi connectivity index (χ1) is 17.3. The van der Waals surface area contributed by atoms with Crippen LogP contribution >= 0.6 is 11.3 Å². The second-order valence-electron chi connectivity index (χ2n) is 9.16. The smallest absolute Gasteiger partial charge is 0.333 e. The molecule has 0 saturated heterocycles. The van der Waals surface area contributed by atoms with E-state index in [0.717, 1.165) is 18.5 Å². The number of anilines is 1. The number of carbonyl (C=O) groups is 1. The Hall–Kier alpha value is -2.74. The maximum atomic E-state index is 13.4. The summed E-state index contributed by atoms with van der Waals surface area (Å²) in [7, 11) is -4.33. The van der Waals surface area contributed by atoms with Crippen molar-refractivity contribution in [3.05, 3.63) is 75.4 Å². The minimum atomic E-state index is -4.33. The molecule has 190 valence electrons. The zero-order chi connectivity index (χ0) is 25.3. The highest BCUT2D eigenvalue weighted by Crippen LogP contribution is 2.33. The third kappa shape index (κ3) is 5.48. The fourth-order valence-electron chi connectivity index (χ4n) is 5.01. The number of nitrogens with one attached hydrogen (secondary N) is 3. The minimum Gasteiger partial charge on any atom is -0.393 e. The molecule has 3 heterocycles. The van der Waals surface area contributed by atoms with E-state index in [1.54, 1.807) is 0 Å². The molecule has 12 heteroatoms. The van der Waals surface area contributed by atoms with E-state index < -0.39 is 16.4 Å². The predicted octanol–water partition coefficient (Wildman–Crippen LogP) is 1.95. The first-order valence-corrected chi connectivity index (χ1v) is 14.0.